The van der Waals surface area contributed by atoms with Gasteiger partial charge < -0.3 is 10.1 Å². The summed E-state index contributed by atoms with van der Waals surface area (Å²) in [5.41, 5.74) is 0.906. The molecule has 1 aromatic carbocycles. The van der Waals surface area contributed by atoms with E-state index < -0.39 is 0 Å². The molecule has 0 unspecified atom stereocenters. The predicted molar refractivity (Wildman–Crippen MR) is 75.1 cm³/mol. The van der Waals surface area contributed by atoms with Crippen LogP contribution in [-0.4, -0.2) is 23.0 Å². The number of carbonyl (C=O) groups is 1. The molecule has 0 aliphatic rings. The number of ether oxygens (including phenoxy) is 1. The Bertz CT molecular complexity index is 555. The number of nitrogens with one attached hydrogen (secondary N) is 1. The van der Waals surface area contributed by atoms with Crippen LogP contribution in [0.1, 0.15) is 5.56 Å². The molecule has 2 rings (SSSR count). The van der Waals surface area contributed by atoms with Crippen molar-refractivity contribution in [2.75, 3.05) is 12.4 Å². The topological polar surface area (TPSA) is 64.1 Å². The number of methoxy groups -OCH3 is 1. The number of hydrogen-bond donors (Lipinski definition) is 1. The van der Waals surface area contributed by atoms with E-state index >= 15 is 0 Å². The number of hydrogen-bond acceptors (Lipinski definition) is 4. The third-order valence-electron chi connectivity index (χ3n) is 2.41. The Kier molecular flexibility index (Phi) is 4.46. The highest BCUT2D eigenvalue weighted by Gasteiger charge is 2.05. The standard InChI is InChI=1S/C13H12BrN3O2/c1-19-10-4-2-9(3-5-10)6-13(18)17-12-8-15-11(14)7-16-12/h2-5,7-8H,6H2,1H3,(H,16,17,18). The Hall–Kier alpha value is -1.95. The lowest BCUT2D eigenvalue weighted by Crippen LogP contribution is -2.15. The highest BCUT2D eigenvalue weighted by molar-refractivity contribution is 9.10. The molecule has 0 aliphatic carbocycles. The lowest BCUT2D eigenvalue weighted by Gasteiger charge is -2.05. The number of nitrogens with zero attached hydrogens (tertiary/aromatic N) is 2. The zero-order chi connectivity index (χ0) is 13.7. The van der Waals surface area contributed by atoms with E-state index in [0.29, 0.717) is 10.4 Å². The van der Waals surface area contributed by atoms with Gasteiger partial charge in [-0.05, 0) is 33.6 Å². The lowest BCUT2D eigenvalue weighted by molar-refractivity contribution is -0.115. The Morgan fingerprint density at radius 1 is 1.26 bits per heavy atom. The van der Waals surface area contributed by atoms with E-state index in [0.717, 1.165) is 11.3 Å². The van der Waals surface area contributed by atoms with Gasteiger partial charge in [0.2, 0.25) is 5.91 Å². The number of amides is 1. The predicted octanol–water partition coefficient (Wildman–Crippen LogP) is 2.43. The van der Waals surface area contributed by atoms with E-state index in [-0.39, 0.29) is 12.3 Å². The first-order chi connectivity index (χ1) is 9.17. The van der Waals surface area contributed by atoms with Crippen molar-refractivity contribution in [3.05, 3.63) is 46.8 Å². The van der Waals surface area contributed by atoms with Crippen molar-refractivity contribution in [3.8, 4) is 5.75 Å². The largest absolute Gasteiger partial charge is 0.497 e. The van der Waals surface area contributed by atoms with Crippen molar-refractivity contribution in [2.45, 2.75) is 6.42 Å². The third kappa shape index (κ3) is 4.03. The van der Waals surface area contributed by atoms with Crippen LogP contribution in [0.3, 0.4) is 0 Å². The summed E-state index contributed by atoms with van der Waals surface area (Å²) in [5, 5.41) is 2.68. The molecule has 0 atom stereocenters. The van der Waals surface area contributed by atoms with Gasteiger partial charge in [0.05, 0.1) is 25.9 Å². The molecule has 2 aromatic rings. The molecule has 1 heterocycles. The van der Waals surface area contributed by atoms with E-state index in [1.165, 1.54) is 12.4 Å². The van der Waals surface area contributed by atoms with Crippen LogP contribution in [0.25, 0.3) is 0 Å². The number of carbonyl (C=O) groups excluding carboxylic acids is 1. The van der Waals surface area contributed by atoms with Crippen molar-refractivity contribution in [1.29, 1.82) is 0 Å². The Balaban J connectivity index is 1.95. The molecular formula is C13H12BrN3O2. The van der Waals surface area contributed by atoms with Crippen LogP contribution in [0.4, 0.5) is 5.82 Å². The molecule has 5 nitrogen and oxygen atoms in total. The summed E-state index contributed by atoms with van der Waals surface area (Å²) in [4.78, 5) is 19.8. The van der Waals surface area contributed by atoms with Gasteiger partial charge in [0.1, 0.15) is 10.4 Å². The molecular weight excluding hydrogens is 310 g/mol. The molecule has 0 radical (unpaired) electrons. The van der Waals surface area contributed by atoms with Crippen LogP contribution in [0.2, 0.25) is 0 Å². The van der Waals surface area contributed by atoms with Crippen LogP contribution in [0, 0.1) is 0 Å². The summed E-state index contributed by atoms with van der Waals surface area (Å²) in [5.74, 6) is 1.06. The molecule has 0 bridgehead atoms. The number of aromatic nitrogens is 2. The molecule has 1 N–H and O–H groups in total. The maximum absolute atomic E-state index is 11.8. The van der Waals surface area contributed by atoms with Crippen LogP contribution < -0.4 is 10.1 Å². The van der Waals surface area contributed by atoms with Crippen molar-refractivity contribution in [1.82, 2.24) is 9.97 Å². The second-order valence-corrected chi connectivity index (χ2v) is 4.61. The first kappa shape index (κ1) is 13.5. The minimum absolute atomic E-state index is 0.137. The molecule has 98 valence electrons. The second kappa shape index (κ2) is 6.29. The van der Waals surface area contributed by atoms with Gasteiger partial charge in [-0.1, -0.05) is 12.1 Å². The summed E-state index contributed by atoms with van der Waals surface area (Å²) in [6.07, 6.45) is 3.31. The summed E-state index contributed by atoms with van der Waals surface area (Å²) >= 11 is 3.18. The average Bonchev–Trinajstić information content (AvgIpc) is 2.42. The van der Waals surface area contributed by atoms with Gasteiger partial charge in [0, 0.05) is 0 Å². The van der Waals surface area contributed by atoms with Gasteiger partial charge in [-0.15, -0.1) is 0 Å². The van der Waals surface area contributed by atoms with Crippen molar-refractivity contribution < 1.29 is 9.53 Å². The fourth-order valence-corrected chi connectivity index (χ4v) is 1.70. The Morgan fingerprint density at radius 2 is 2.00 bits per heavy atom. The monoisotopic (exact) mass is 321 g/mol. The van der Waals surface area contributed by atoms with Gasteiger partial charge >= 0.3 is 0 Å². The van der Waals surface area contributed by atoms with Gasteiger partial charge in [-0.3, -0.25) is 4.79 Å². The van der Waals surface area contributed by atoms with E-state index in [9.17, 15) is 4.79 Å². The van der Waals surface area contributed by atoms with Gasteiger partial charge in [-0.2, -0.15) is 0 Å². The highest BCUT2D eigenvalue weighted by atomic mass is 79.9. The minimum Gasteiger partial charge on any atom is -0.497 e. The van der Waals surface area contributed by atoms with Crippen LogP contribution in [-0.2, 0) is 11.2 Å². The molecule has 0 saturated heterocycles. The first-order valence-electron chi connectivity index (χ1n) is 5.57. The zero-order valence-electron chi connectivity index (χ0n) is 10.3. The van der Waals surface area contributed by atoms with Crippen LogP contribution in [0.5, 0.6) is 5.75 Å². The minimum atomic E-state index is -0.137. The number of halogens is 1. The van der Waals surface area contributed by atoms with Gasteiger partial charge in [0.15, 0.2) is 5.82 Å². The highest BCUT2D eigenvalue weighted by Crippen LogP contribution is 2.12. The molecule has 0 saturated carbocycles. The second-order valence-electron chi connectivity index (χ2n) is 3.80. The fraction of sp³-hybridized carbons (Fsp3) is 0.154. The number of benzene rings is 1. The summed E-state index contributed by atoms with van der Waals surface area (Å²) in [7, 11) is 1.61. The lowest BCUT2D eigenvalue weighted by atomic mass is 10.1. The fourth-order valence-electron chi connectivity index (χ4n) is 1.49. The molecule has 1 amide bonds. The third-order valence-corrected chi connectivity index (χ3v) is 2.82. The van der Waals surface area contributed by atoms with Crippen LogP contribution in [0.15, 0.2) is 41.3 Å². The van der Waals surface area contributed by atoms with E-state index in [4.69, 9.17) is 4.74 Å². The number of rotatable bonds is 4. The van der Waals surface area contributed by atoms with Gasteiger partial charge in [-0.25, -0.2) is 9.97 Å². The summed E-state index contributed by atoms with van der Waals surface area (Å²) in [6.45, 7) is 0. The SMILES string of the molecule is COc1ccc(CC(=O)Nc2cnc(Br)cn2)cc1. The van der Waals surface area contributed by atoms with Crippen LogP contribution >= 0.6 is 15.9 Å². The molecule has 0 spiro atoms. The maximum Gasteiger partial charge on any atom is 0.229 e. The quantitative estimate of drug-likeness (QED) is 0.939. The van der Waals surface area contributed by atoms with Crippen molar-refractivity contribution in [2.24, 2.45) is 0 Å². The average molecular weight is 322 g/mol. The van der Waals surface area contributed by atoms with E-state index in [1.807, 2.05) is 24.3 Å². The molecule has 0 fully saturated rings. The van der Waals surface area contributed by atoms with E-state index in [1.54, 1.807) is 7.11 Å². The Labute approximate surface area is 119 Å². The van der Waals surface area contributed by atoms with Crippen molar-refractivity contribution >= 4 is 27.7 Å². The first-order valence-corrected chi connectivity index (χ1v) is 6.37. The molecule has 0 aliphatic heterocycles. The van der Waals surface area contributed by atoms with E-state index in [2.05, 4.69) is 31.2 Å². The molecule has 6 heteroatoms. The van der Waals surface area contributed by atoms with Gasteiger partial charge in [0.25, 0.3) is 0 Å². The maximum atomic E-state index is 11.8. The number of anilines is 1. The molecule has 1 aromatic heterocycles. The molecule has 19 heavy (non-hydrogen) atoms. The normalized spacial score (nSPS) is 10.0. The summed E-state index contributed by atoms with van der Waals surface area (Å²) < 4.78 is 5.68. The smallest absolute Gasteiger partial charge is 0.229 e. The van der Waals surface area contributed by atoms with Crippen molar-refractivity contribution in [3.63, 3.8) is 0 Å². The summed E-state index contributed by atoms with van der Waals surface area (Å²) in [6, 6.07) is 7.35. The Morgan fingerprint density at radius 3 is 2.58 bits per heavy atom. The zero-order valence-corrected chi connectivity index (χ0v) is 11.8.